The van der Waals surface area contributed by atoms with Crippen molar-refractivity contribution < 1.29 is 38.5 Å². The van der Waals surface area contributed by atoms with Crippen molar-refractivity contribution in [2.75, 3.05) is 30.5 Å². The number of benzene rings is 6. The van der Waals surface area contributed by atoms with Gasteiger partial charge in [0, 0.05) is 12.7 Å². The second kappa shape index (κ2) is 17.8. The van der Waals surface area contributed by atoms with E-state index in [9.17, 15) is 9.90 Å². The third kappa shape index (κ3) is 7.35. The number of rotatable bonds is 9. The molecule has 3 amide bonds. The van der Waals surface area contributed by atoms with E-state index in [1.807, 2.05) is 114 Å². The Morgan fingerprint density at radius 3 is 2.28 bits per heavy atom. The summed E-state index contributed by atoms with van der Waals surface area (Å²) in [6, 6.07) is 41.6. The van der Waals surface area contributed by atoms with Crippen LogP contribution in [0, 0.1) is 17.8 Å². The molecule has 1 spiro atoms. The Bertz CT molecular complexity index is 3320. The van der Waals surface area contributed by atoms with Crippen LogP contribution < -0.4 is 10.2 Å². The van der Waals surface area contributed by atoms with Crippen LogP contribution in [0.25, 0.3) is 21.3 Å². The Morgan fingerprint density at radius 2 is 1.52 bits per heavy atom. The van der Waals surface area contributed by atoms with Gasteiger partial charge in [0.2, 0.25) is 11.8 Å². The van der Waals surface area contributed by atoms with E-state index in [1.54, 1.807) is 35.0 Å². The number of phenols is 1. The molecule has 11 rings (SSSR count). The average Bonchev–Trinajstić information content (AvgIpc) is 4.13. The van der Waals surface area contributed by atoms with E-state index in [2.05, 4.69) is 27.5 Å². The van der Waals surface area contributed by atoms with Gasteiger partial charge in [0.05, 0.1) is 46.0 Å². The third-order valence-electron chi connectivity index (χ3n) is 13.1. The van der Waals surface area contributed by atoms with Gasteiger partial charge in [-0.15, -0.1) is 5.10 Å². The molecule has 0 bridgehead atoms. The van der Waals surface area contributed by atoms with Crippen molar-refractivity contribution in [2.45, 2.75) is 36.2 Å². The molecule has 5 heterocycles. The van der Waals surface area contributed by atoms with Gasteiger partial charge in [-0.1, -0.05) is 125 Å². The highest BCUT2D eigenvalue weighted by Gasteiger charge is 2.76. The number of methoxy groups -OCH3 is 1. The summed E-state index contributed by atoms with van der Waals surface area (Å²) in [6.45, 7) is 0.0388. The highest BCUT2D eigenvalue weighted by molar-refractivity contribution is 7.22. The highest BCUT2D eigenvalue weighted by atomic mass is 32.1. The summed E-state index contributed by atoms with van der Waals surface area (Å²) in [7, 11) is 1.46. The SMILES string of the molecule is COCCOC(=O)N1C(=O)C2(c3cc(C#CCn4nnc5ccccc54)ccc31)C(C(=O)Nc1nc3ccccc3s1)C1C(=O)OC(c3ccccc3)C(c3ccccc3)N1C2c1ccc(O)cc1. The van der Waals surface area contributed by atoms with Gasteiger partial charge < -0.3 is 24.6 Å². The lowest BCUT2D eigenvalue weighted by Crippen LogP contribution is -2.54. The number of para-hydroxylation sites is 2. The van der Waals surface area contributed by atoms with Crippen molar-refractivity contribution in [3.63, 3.8) is 0 Å². The number of ether oxygens (including phenoxy) is 3. The van der Waals surface area contributed by atoms with Crippen LogP contribution in [0.4, 0.5) is 15.6 Å². The first kappa shape index (κ1) is 43.3. The van der Waals surface area contributed by atoms with Gasteiger partial charge >= 0.3 is 12.1 Å². The normalized spacial score (nSPS) is 21.7. The van der Waals surface area contributed by atoms with Crippen LogP contribution >= 0.6 is 11.3 Å². The zero-order valence-corrected chi connectivity index (χ0v) is 37.7. The lowest BCUT2D eigenvalue weighted by molar-refractivity contribution is -0.177. The molecular weight excluding hydrogens is 895 g/mol. The van der Waals surface area contributed by atoms with Crippen LogP contribution in [-0.4, -0.2) is 80.2 Å². The molecule has 69 heavy (non-hydrogen) atoms. The number of cyclic esters (lactones) is 1. The molecule has 6 unspecified atom stereocenters. The fourth-order valence-electron chi connectivity index (χ4n) is 10.3. The van der Waals surface area contributed by atoms with Crippen LogP contribution in [-0.2, 0) is 40.6 Å². The Kier molecular flexibility index (Phi) is 11.2. The standard InChI is InChI=1S/C53H41N7O8S/c1-66-29-30-67-52(65)59-40-27-22-32(13-12-28-58-41-20-10-8-18-38(41)56-57-58)31-37(40)53(50(59)64)43(48(62)55-51-54-39-19-9-11-21-42(39)69-51)45-49(63)68-46(34-16-6-3-7-17-34)44(33-14-4-2-5-15-33)60(45)47(53)35-23-25-36(61)26-24-35/h2-11,14-27,31,43-47,61H,28-30H2,1H3,(H,54,55,62). The molecule has 6 aromatic carbocycles. The van der Waals surface area contributed by atoms with E-state index in [1.165, 1.54) is 30.6 Å². The molecule has 0 radical (unpaired) electrons. The van der Waals surface area contributed by atoms with Gasteiger partial charge in [-0.2, -0.15) is 0 Å². The van der Waals surface area contributed by atoms with Gasteiger partial charge in [0.1, 0.15) is 42.0 Å². The number of hydrogen-bond acceptors (Lipinski definition) is 13. The third-order valence-corrected chi connectivity index (χ3v) is 14.0. The fourth-order valence-corrected chi connectivity index (χ4v) is 11.1. The first-order chi connectivity index (χ1) is 33.8. The van der Waals surface area contributed by atoms with Crippen molar-refractivity contribution in [3.8, 4) is 17.6 Å². The van der Waals surface area contributed by atoms with Gasteiger partial charge in [-0.05, 0) is 76.9 Å². The summed E-state index contributed by atoms with van der Waals surface area (Å²) in [5.74, 6) is 2.50. The molecule has 0 saturated carbocycles. The number of thiazole rings is 1. The number of hydrogen-bond donors (Lipinski definition) is 2. The van der Waals surface area contributed by atoms with Gasteiger partial charge in [-0.3, -0.25) is 19.3 Å². The van der Waals surface area contributed by atoms with Crippen molar-refractivity contribution in [2.24, 2.45) is 5.92 Å². The maximum absolute atomic E-state index is 16.4. The summed E-state index contributed by atoms with van der Waals surface area (Å²) in [6.07, 6.45) is -1.94. The van der Waals surface area contributed by atoms with Crippen LogP contribution in [0.5, 0.6) is 5.75 Å². The molecule has 16 heteroatoms. The minimum atomic E-state index is -2.09. The molecule has 0 aliphatic carbocycles. The zero-order chi connectivity index (χ0) is 47.2. The maximum Gasteiger partial charge on any atom is 0.421 e. The van der Waals surface area contributed by atoms with Crippen molar-refractivity contribution >= 4 is 67.3 Å². The lowest BCUT2D eigenvalue weighted by Gasteiger charge is -2.46. The summed E-state index contributed by atoms with van der Waals surface area (Å²) in [5.41, 5.74) is 2.78. The molecule has 342 valence electrons. The summed E-state index contributed by atoms with van der Waals surface area (Å²) in [5, 5.41) is 22.6. The number of nitrogens with zero attached hydrogens (tertiary/aromatic N) is 6. The maximum atomic E-state index is 16.4. The molecule has 2 N–H and O–H groups in total. The molecule has 8 aromatic rings. The molecule has 15 nitrogen and oxygen atoms in total. The van der Waals surface area contributed by atoms with Crippen molar-refractivity contribution in [3.05, 3.63) is 179 Å². The van der Waals surface area contributed by atoms with E-state index in [0.29, 0.717) is 27.7 Å². The molecule has 2 aromatic heterocycles. The van der Waals surface area contributed by atoms with E-state index in [4.69, 9.17) is 19.2 Å². The topological polar surface area (TPSA) is 178 Å². The minimum absolute atomic E-state index is 0.0476. The molecule has 6 atom stereocenters. The predicted molar refractivity (Wildman–Crippen MR) is 256 cm³/mol. The van der Waals surface area contributed by atoms with E-state index in [-0.39, 0.29) is 41.9 Å². The molecule has 3 aliphatic heterocycles. The highest BCUT2D eigenvalue weighted by Crippen LogP contribution is 2.66. The van der Waals surface area contributed by atoms with E-state index < -0.39 is 59.4 Å². The number of carbonyl (C=O) groups is 4. The van der Waals surface area contributed by atoms with E-state index >= 15 is 14.4 Å². The Labute approximate surface area is 398 Å². The predicted octanol–water partition coefficient (Wildman–Crippen LogP) is 7.89. The number of aromatic hydroxyl groups is 1. The average molecular weight is 936 g/mol. The summed E-state index contributed by atoms with van der Waals surface area (Å²) >= 11 is 1.24. The number of anilines is 2. The van der Waals surface area contributed by atoms with Crippen molar-refractivity contribution in [1.29, 1.82) is 0 Å². The summed E-state index contributed by atoms with van der Waals surface area (Å²) < 4.78 is 19.9. The Morgan fingerprint density at radius 1 is 0.812 bits per heavy atom. The number of imide groups is 1. The van der Waals surface area contributed by atoms with Crippen LogP contribution in [0.1, 0.15) is 46.0 Å². The van der Waals surface area contributed by atoms with Crippen molar-refractivity contribution in [1.82, 2.24) is 24.9 Å². The quantitative estimate of drug-likeness (QED) is 0.0814. The largest absolute Gasteiger partial charge is 0.508 e. The van der Waals surface area contributed by atoms with Gasteiger partial charge in [-0.25, -0.2) is 19.4 Å². The molecule has 2 saturated heterocycles. The van der Waals surface area contributed by atoms with Crippen LogP contribution in [0.2, 0.25) is 0 Å². The number of morpholine rings is 1. The number of carbonyl (C=O) groups excluding carboxylic acids is 4. The smallest absolute Gasteiger partial charge is 0.421 e. The Hall–Kier alpha value is -8.23. The second-order valence-corrected chi connectivity index (χ2v) is 17.9. The van der Waals surface area contributed by atoms with E-state index in [0.717, 1.165) is 20.7 Å². The summed E-state index contributed by atoms with van der Waals surface area (Å²) in [4.78, 5) is 69.7. The number of amides is 3. The first-order valence-corrected chi connectivity index (χ1v) is 23.0. The number of nitrogens with one attached hydrogen (secondary N) is 1. The minimum Gasteiger partial charge on any atom is -0.508 e. The number of phenolic OH excluding ortho intramolecular Hbond substituents is 1. The van der Waals surface area contributed by atoms with Crippen LogP contribution in [0.3, 0.4) is 0 Å². The monoisotopic (exact) mass is 935 g/mol. The molecule has 3 aliphatic rings. The fraction of sp³-hybridized carbons (Fsp3) is 0.189. The first-order valence-electron chi connectivity index (χ1n) is 22.2. The number of aromatic nitrogens is 4. The lowest BCUT2D eigenvalue weighted by atomic mass is 9.65. The van der Waals surface area contributed by atoms with Crippen LogP contribution in [0.15, 0.2) is 152 Å². The molecular formula is C53H41N7O8S. The zero-order valence-electron chi connectivity index (χ0n) is 36.8. The van der Waals surface area contributed by atoms with Gasteiger partial charge in [0.25, 0.3) is 0 Å². The van der Waals surface area contributed by atoms with Gasteiger partial charge in [0.15, 0.2) is 5.13 Å². The number of esters is 1. The number of fused-ring (bicyclic) bond motifs is 5. The second-order valence-electron chi connectivity index (χ2n) is 16.8. The Balaban J connectivity index is 1.17. The molecule has 2 fully saturated rings.